The number of carbonyl (C=O) groups is 1. The molecular formula is C25H23ClN2O4S. The molecular weight excluding hydrogens is 460 g/mol. The lowest BCUT2D eigenvalue weighted by molar-refractivity contribution is -0.140. The molecule has 0 spiro atoms. The molecule has 4 rings (SSSR count). The minimum Gasteiger partial charge on any atom is -0.460 e. The molecule has 8 heteroatoms. The predicted octanol–water partition coefficient (Wildman–Crippen LogP) is 3.39. The number of rotatable bonds is 6. The van der Waals surface area contributed by atoms with Gasteiger partial charge in [0.1, 0.15) is 12.6 Å². The molecule has 2 heterocycles. The van der Waals surface area contributed by atoms with Gasteiger partial charge >= 0.3 is 5.97 Å². The number of carbonyl (C=O) groups excluding carboxylic acids is 1. The Balaban J connectivity index is 1.90. The van der Waals surface area contributed by atoms with Crippen molar-refractivity contribution in [3.05, 3.63) is 101 Å². The molecule has 0 aliphatic carbocycles. The summed E-state index contributed by atoms with van der Waals surface area (Å²) in [7, 11) is 1.53. The van der Waals surface area contributed by atoms with E-state index >= 15 is 0 Å². The van der Waals surface area contributed by atoms with Gasteiger partial charge in [-0.25, -0.2) is 9.79 Å². The van der Waals surface area contributed by atoms with Gasteiger partial charge in [0.05, 0.1) is 22.4 Å². The number of nitrogens with zero attached hydrogens (tertiary/aromatic N) is 2. The van der Waals surface area contributed by atoms with Crippen molar-refractivity contribution in [2.75, 3.05) is 20.3 Å². The Labute approximate surface area is 200 Å². The van der Waals surface area contributed by atoms with Gasteiger partial charge in [-0.2, -0.15) is 0 Å². The van der Waals surface area contributed by atoms with Gasteiger partial charge in [0.25, 0.3) is 5.56 Å². The minimum atomic E-state index is -0.745. The fraction of sp³-hybridized carbons (Fsp3) is 0.240. The van der Waals surface area contributed by atoms with Crippen LogP contribution in [0.25, 0.3) is 6.08 Å². The quantitative estimate of drug-likeness (QED) is 0.399. The number of aromatic nitrogens is 1. The van der Waals surface area contributed by atoms with Crippen LogP contribution in [-0.4, -0.2) is 30.9 Å². The second-order valence-electron chi connectivity index (χ2n) is 7.64. The summed E-state index contributed by atoms with van der Waals surface area (Å²) in [4.78, 5) is 31.7. The largest absolute Gasteiger partial charge is 0.460 e. The van der Waals surface area contributed by atoms with Crippen LogP contribution in [0.2, 0.25) is 5.02 Å². The first-order chi connectivity index (χ1) is 15.9. The van der Waals surface area contributed by atoms with Crippen molar-refractivity contribution in [2.45, 2.75) is 19.9 Å². The summed E-state index contributed by atoms with van der Waals surface area (Å²) in [5.41, 5.74) is 3.22. The zero-order valence-electron chi connectivity index (χ0n) is 18.5. The summed E-state index contributed by atoms with van der Waals surface area (Å²) >= 11 is 7.81. The fourth-order valence-electron chi connectivity index (χ4n) is 3.68. The molecule has 0 saturated heterocycles. The van der Waals surface area contributed by atoms with E-state index in [1.54, 1.807) is 19.1 Å². The number of allylic oxidation sites excluding steroid dienone is 1. The van der Waals surface area contributed by atoms with E-state index in [0.29, 0.717) is 25.6 Å². The molecule has 0 fully saturated rings. The third kappa shape index (κ3) is 4.71. The highest BCUT2D eigenvalue weighted by Crippen LogP contribution is 2.34. The van der Waals surface area contributed by atoms with Crippen molar-refractivity contribution < 1.29 is 14.3 Å². The minimum absolute atomic E-state index is 0.0964. The first kappa shape index (κ1) is 23.2. The Morgan fingerprint density at radius 2 is 1.88 bits per heavy atom. The molecule has 1 aliphatic heterocycles. The fourth-order valence-corrected chi connectivity index (χ4v) is 4.97. The molecule has 0 amide bonds. The topological polar surface area (TPSA) is 69.9 Å². The Morgan fingerprint density at radius 1 is 1.15 bits per heavy atom. The Bertz CT molecular complexity index is 1400. The Morgan fingerprint density at radius 3 is 2.58 bits per heavy atom. The maximum absolute atomic E-state index is 13.6. The smallest absolute Gasteiger partial charge is 0.338 e. The van der Waals surface area contributed by atoms with Crippen LogP contribution >= 0.6 is 22.9 Å². The molecule has 1 aliphatic rings. The second-order valence-corrected chi connectivity index (χ2v) is 9.06. The van der Waals surface area contributed by atoms with E-state index in [4.69, 9.17) is 21.1 Å². The lowest BCUT2D eigenvalue weighted by Crippen LogP contribution is -2.40. The standard InChI is InChI=1S/C25H23ClN2O4S/c1-15-8-10-17(11-9-15)14-20-23(29)28-22(18-6-4-5-7-19(18)26)21(16(2)27-25(28)33-20)24(30)32-13-12-31-3/h4-11,14,22H,12-13H2,1-3H3. The van der Waals surface area contributed by atoms with E-state index in [9.17, 15) is 9.59 Å². The maximum atomic E-state index is 13.6. The molecule has 1 atom stereocenters. The third-order valence-electron chi connectivity index (χ3n) is 5.34. The Hall–Kier alpha value is -3.00. The summed E-state index contributed by atoms with van der Waals surface area (Å²) < 4.78 is 12.4. The molecule has 0 bridgehead atoms. The number of esters is 1. The van der Waals surface area contributed by atoms with Crippen molar-refractivity contribution in [3.8, 4) is 0 Å². The second kappa shape index (κ2) is 9.87. The molecule has 33 heavy (non-hydrogen) atoms. The van der Waals surface area contributed by atoms with Gasteiger partial charge in [-0.15, -0.1) is 0 Å². The van der Waals surface area contributed by atoms with Gasteiger partial charge in [0.15, 0.2) is 4.80 Å². The van der Waals surface area contributed by atoms with Crippen molar-refractivity contribution >= 4 is 35.0 Å². The Kier molecular flexibility index (Phi) is 6.93. The van der Waals surface area contributed by atoms with Crippen LogP contribution in [0.15, 0.2) is 69.6 Å². The van der Waals surface area contributed by atoms with E-state index in [0.717, 1.165) is 11.1 Å². The average Bonchev–Trinajstić information content (AvgIpc) is 3.09. The SMILES string of the molecule is COCCOC(=O)C1=C(C)N=c2sc(=Cc3ccc(C)cc3)c(=O)n2C1c1ccccc1Cl. The third-order valence-corrected chi connectivity index (χ3v) is 6.66. The number of ether oxygens (including phenoxy) is 2. The molecule has 3 aromatic rings. The highest BCUT2D eigenvalue weighted by atomic mass is 35.5. The van der Waals surface area contributed by atoms with Gasteiger partial charge in [-0.05, 0) is 37.1 Å². The average molecular weight is 483 g/mol. The number of aryl methyl sites for hydroxylation is 1. The van der Waals surface area contributed by atoms with Crippen molar-refractivity contribution in [3.63, 3.8) is 0 Å². The molecule has 0 saturated carbocycles. The number of hydrogen-bond acceptors (Lipinski definition) is 6. The number of benzene rings is 2. The monoisotopic (exact) mass is 482 g/mol. The number of hydrogen-bond donors (Lipinski definition) is 0. The summed E-state index contributed by atoms with van der Waals surface area (Å²) in [6.45, 7) is 4.12. The van der Waals surface area contributed by atoms with Gasteiger partial charge in [0, 0.05) is 12.1 Å². The van der Waals surface area contributed by atoms with Crippen LogP contribution in [-0.2, 0) is 14.3 Å². The van der Waals surface area contributed by atoms with Crippen LogP contribution in [0, 0.1) is 6.92 Å². The van der Waals surface area contributed by atoms with E-state index in [1.807, 2.05) is 49.4 Å². The van der Waals surface area contributed by atoms with Crippen LogP contribution in [0.1, 0.15) is 29.7 Å². The number of fused-ring (bicyclic) bond motifs is 1. The van der Waals surface area contributed by atoms with Crippen molar-refractivity contribution in [1.29, 1.82) is 0 Å². The van der Waals surface area contributed by atoms with Crippen LogP contribution in [0.3, 0.4) is 0 Å². The lowest BCUT2D eigenvalue weighted by Gasteiger charge is -2.25. The molecule has 2 aromatic carbocycles. The molecule has 6 nitrogen and oxygen atoms in total. The van der Waals surface area contributed by atoms with Gasteiger partial charge < -0.3 is 9.47 Å². The normalized spacial score (nSPS) is 15.9. The van der Waals surface area contributed by atoms with E-state index in [-0.39, 0.29) is 24.3 Å². The molecule has 0 N–H and O–H groups in total. The summed E-state index contributed by atoms with van der Waals surface area (Å²) in [5, 5.41) is 0.451. The zero-order valence-corrected chi connectivity index (χ0v) is 20.1. The van der Waals surface area contributed by atoms with Crippen LogP contribution in [0.4, 0.5) is 0 Å². The van der Waals surface area contributed by atoms with Crippen LogP contribution in [0.5, 0.6) is 0 Å². The van der Waals surface area contributed by atoms with E-state index < -0.39 is 12.0 Å². The maximum Gasteiger partial charge on any atom is 0.338 e. The molecule has 1 unspecified atom stereocenters. The van der Waals surface area contributed by atoms with Gasteiger partial charge in [-0.1, -0.05) is 71.0 Å². The predicted molar refractivity (Wildman–Crippen MR) is 129 cm³/mol. The highest BCUT2D eigenvalue weighted by Gasteiger charge is 2.34. The number of methoxy groups -OCH3 is 1. The van der Waals surface area contributed by atoms with Crippen molar-refractivity contribution in [1.82, 2.24) is 4.57 Å². The lowest BCUT2D eigenvalue weighted by atomic mass is 9.96. The summed E-state index contributed by atoms with van der Waals surface area (Å²) in [6, 6.07) is 14.3. The first-order valence-corrected chi connectivity index (χ1v) is 11.6. The van der Waals surface area contributed by atoms with Gasteiger partial charge in [-0.3, -0.25) is 9.36 Å². The molecule has 1 aromatic heterocycles. The number of thiazole rings is 1. The first-order valence-electron chi connectivity index (χ1n) is 10.4. The van der Waals surface area contributed by atoms with E-state index in [1.165, 1.54) is 23.0 Å². The summed E-state index contributed by atoms with van der Waals surface area (Å²) in [6.07, 6.45) is 1.84. The van der Waals surface area contributed by atoms with Crippen molar-refractivity contribution in [2.24, 2.45) is 4.99 Å². The van der Waals surface area contributed by atoms with Gasteiger partial charge in [0.2, 0.25) is 0 Å². The zero-order chi connectivity index (χ0) is 23.5. The highest BCUT2D eigenvalue weighted by molar-refractivity contribution is 7.07. The summed E-state index contributed by atoms with van der Waals surface area (Å²) in [5.74, 6) is -0.550. The molecule has 0 radical (unpaired) electrons. The number of halogens is 1. The van der Waals surface area contributed by atoms with E-state index in [2.05, 4.69) is 4.99 Å². The van der Waals surface area contributed by atoms with Crippen LogP contribution < -0.4 is 14.9 Å². The molecule has 170 valence electrons.